The van der Waals surface area contributed by atoms with Crippen LogP contribution in [0.15, 0.2) is 82.6 Å². The van der Waals surface area contributed by atoms with Crippen molar-refractivity contribution >= 4 is 33.6 Å². The maximum absolute atomic E-state index is 6.38. The lowest BCUT2D eigenvalue weighted by Crippen LogP contribution is -2.23. The average molecular weight is 522 g/mol. The lowest BCUT2D eigenvalue weighted by atomic mass is 9.72. The van der Waals surface area contributed by atoms with Gasteiger partial charge < -0.3 is 9.30 Å². The first-order valence-electron chi connectivity index (χ1n) is 13.9. The van der Waals surface area contributed by atoms with Gasteiger partial charge in [0.1, 0.15) is 11.5 Å². The molecule has 2 nitrogen and oxygen atoms in total. The SMILES string of the molecule is CC.CCC(C)c1cc2c(cc1C(C)(C)c1ccccc1C)c1cc3c(cc1n2C)Sc1ccccc1O3. The Morgan fingerprint density at radius 1 is 0.816 bits per heavy atom. The van der Waals surface area contributed by atoms with Crippen LogP contribution >= 0.6 is 11.8 Å². The van der Waals surface area contributed by atoms with Gasteiger partial charge in [-0.1, -0.05) is 89.7 Å². The fraction of sp³-hybridized carbons (Fsp3) is 0.314. The first-order chi connectivity index (χ1) is 18.3. The monoisotopic (exact) mass is 521 g/mol. The standard InChI is InChI=1S/C33H33NOS.C2H6/c1-7-20(2)22-17-27-23(16-26(22)33(4,5)25-13-9-8-12-21(25)3)24-18-30-32(19-28(24)34(27)6)36-31-15-11-10-14-29(31)35-30;1-2/h8-20H,7H2,1-6H3;1-2H3. The molecule has 1 aromatic heterocycles. The maximum atomic E-state index is 6.38. The van der Waals surface area contributed by atoms with Crippen LogP contribution in [0.5, 0.6) is 11.5 Å². The number of nitrogens with zero attached hydrogens (tertiary/aromatic N) is 1. The summed E-state index contributed by atoms with van der Waals surface area (Å²) in [4.78, 5) is 2.35. The number of para-hydroxylation sites is 1. The first kappa shape index (κ1) is 26.4. The molecule has 0 saturated carbocycles. The number of hydrogen-bond donors (Lipinski definition) is 0. The highest BCUT2D eigenvalue weighted by Gasteiger charge is 2.30. The topological polar surface area (TPSA) is 14.2 Å². The summed E-state index contributed by atoms with van der Waals surface area (Å²) in [5.41, 5.74) is 8.03. The van der Waals surface area contributed by atoms with Gasteiger partial charge in [0.05, 0.1) is 15.3 Å². The van der Waals surface area contributed by atoms with Crippen LogP contribution in [0.1, 0.15) is 76.1 Å². The Hall–Kier alpha value is -3.17. The number of fused-ring (bicyclic) bond motifs is 5. The van der Waals surface area contributed by atoms with Gasteiger partial charge in [0.2, 0.25) is 0 Å². The molecule has 0 spiro atoms. The maximum Gasteiger partial charge on any atom is 0.142 e. The predicted molar refractivity (Wildman–Crippen MR) is 164 cm³/mol. The summed E-state index contributed by atoms with van der Waals surface area (Å²) in [6.45, 7) is 15.6. The molecule has 0 amide bonds. The zero-order valence-corrected chi connectivity index (χ0v) is 24.8. The van der Waals surface area contributed by atoms with E-state index in [1.807, 2.05) is 19.9 Å². The van der Waals surface area contributed by atoms with E-state index in [9.17, 15) is 0 Å². The third kappa shape index (κ3) is 4.22. The molecule has 3 heteroatoms. The van der Waals surface area contributed by atoms with Crippen LogP contribution in [-0.4, -0.2) is 4.57 Å². The molecular formula is C35H39NOS. The van der Waals surface area contributed by atoms with E-state index in [0.29, 0.717) is 5.92 Å². The Labute approximate surface area is 232 Å². The first-order valence-corrected chi connectivity index (χ1v) is 14.7. The van der Waals surface area contributed by atoms with Gasteiger partial charge in [-0.3, -0.25) is 0 Å². The van der Waals surface area contributed by atoms with Crippen molar-refractivity contribution in [3.63, 3.8) is 0 Å². The number of benzene rings is 4. The van der Waals surface area contributed by atoms with Crippen LogP contribution in [0.2, 0.25) is 0 Å². The molecule has 6 rings (SSSR count). The van der Waals surface area contributed by atoms with Crippen molar-refractivity contribution in [1.29, 1.82) is 0 Å². The molecule has 0 saturated heterocycles. The van der Waals surface area contributed by atoms with Gasteiger partial charge in [0.25, 0.3) is 0 Å². The summed E-state index contributed by atoms with van der Waals surface area (Å²) in [6.07, 6.45) is 1.11. The van der Waals surface area contributed by atoms with E-state index in [1.165, 1.54) is 53.9 Å². The third-order valence-corrected chi connectivity index (χ3v) is 9.26. The Morgan fingerprint density at radius 2 is 1.47 bits per heavy atom. The fourth-order valence-electron chi connectivity index (χ4n) is 5.87. The minimum absolute atomic E-state index is 0.111. The number of hydrogen-bond acceptors (Lipinski definition) is 2. The molecule has 1 unspecified atom stereocenters. The van der Waals surface area contributed by atoms with Gasteiger partial charge in [-0.05, 0) is 77.9 Å². The molecule has 4 aromatic carbocycles. The Morgan fingerprint density at radius 3 is 2.21 bits per heavy atom. The highest BCUT2D eigenvalue weighted by Crippen LogP contribution is 2.50. The summed E-state index contributed by atoms with van der Waals surface area (Å²) in [6, 6.07) is 26.6. The average Bonchev–Trinajstić information content (AvgIpc) is 3.20. The summed E-state index contributed by atoms with van der Waals surface area (Å²) < 4.78 is 8.74. The van der Waals surface area contributed by atoms with Gasteiger partial charge in [0.15, 0.2) is 0 Å². The van der Waals surface area contributed by atoms with E-state index in [2.05, 4.69) is 113 Å². The van der Waals surface area contributed by atoms with Crippen molar-refractivity contribution in [3.05, 3.63) is 95.1 Å². The smallest absolute Gasteiger partial charge is 0.142 e. The molecular weight excluding hydrogens is 482 g/mol. The van der Waals surface area contributed by atoms with E-state index in [1.54, 1.807) is 11.8 Å². The normalized spacial score (nSPS) is 13.4. The Balaban J connectivity index is 0.00000144. The summed E-state index contributed by atoms with van der Waals surface area (Å²) in [5, 5.41) is 2.55. The van der Waals surface area contributed by atoms with Crippen molar-refractivity contribution in [2.45, 2.75) is 76.0 Å². The molecule has 5 aromatic rings. The zero-order chi connectivity index (χ0) is 27.2. The van der Waals surface area contributed by atoms with E-state index in [-0.39, 0.29) is 5.41 Å². The van der Waals surface area contributed by atoms with Crippen LogP contribution in [0.25, 0.3) is 21.8 Å². The highest BCUT2D eigenvalue weighted by atomic mass is 32.2. The summed E-state index contributed by atoms with van der Waals surface area (Å²) in [5.74, 6) is 2.37. The molecule has 0 N–H and O–H groups in total. The Kier molecular flexibility index (Phi) is 7.09. The number of rotatable bonds is 4. The lowest BCUT2D eigenvalue weighted by Gasteiger charge is -2.32. The molecule has 2 heterocycles. The molecule has 0 fully saturated rings. The molecule has 1 aliphatic rings. The number of aryl methyl sites for hydroxylation is 2. The van der Waals surface area contributed by atoms with Gasteiger partial charge in [-0.15, -0.1) is 0 Å². The fourth-order valence-corrected chi connectivity index (χ4v) is 6.84. The van der Waals surface area contributed by atoms with E-state index in [4.69, 9.17) is 4.74 Å². The molecule has 0 bridgehead atoms. The van der Waals surface area contributed by atoms with Crippen molar-refractivity contribution in [2.24, 2.45) is 7.05 Å². The molecule has 0 radical (unpaired) electrons. The minimum Gasteiger partial charge on any atom is -0.455 e. The largest absolute Gasteiger partial charge is 0.455 e. The third-order valence-electron chi connectivity index (χ3n) is 8.17. The van der Waals surface area contributed by atoms with Crippen molar-refractivity contribution in [1.82, 2.24) is 4.57 Å². The van der Waals surface area contributed by atoms with Crippen molar-refractivity contribution in [2.75, 3.05) is 0 Å². The summed E-state index contributed by atoms with van der Waals surface area (Å²) in [7, 11) is 2.20. The second-order valence-electron chi connectivity index (χ2n) is 10.7. The summed E-state index contributed by atoms with van der Waals surface area (Å²) >= 11 is 1.80. The molecule has 196 valence electrons. The van der Waals surface area contributed by atoms with Gasteiger partial charge in [-0.25, -0.2) is 0 Å². The van der Waals surface area contributed by atoms with Gasteiger partial charge >= 0.3 is 0 Å². The van der Waals surface area contributed by atoms with Crippen LogP contribution in [0, 0.1) is 6.92 Å². The Bertz CT molecular complexity index is 1640. The van der Waals surface area contributed by atoms with E-state index in [0.717, 1.165) is 17.9 Å². The highest BCUT2D eigenvalue weighted by molar-refractivity contribution is 7.99. The van der Waals surface area contributed by atoms with Crippen molar-refractivity contribution < 1.29 is 4.74 Å². The predicted octanol–water partition coefficient (Wildman–Crippen LogP) is 10.8. The molecule has 1 atom stereocenters. The van der Waals surface area contributed by atoms with Crippen LogP contribution in [0.4, 0.5) is 0 Å². The zero-order valence-electron chi connectivity index (χ0n) is 24.0. The molecule has 38 heavy (non-hydrogen) atoms. The van der Waals surface area contributed by atoms with Crippen LogP contribution < -0.4 is 4.74 Å². The second-order valence-corrected chi connectivity index (χ2v) is 11.8. The number of ether oxygens (including phenoxy) is 1. The lowest BCUT2D eigenvalue weighted by molar-refractivity contribution is 0.455. The minimum atomic E-state index is -0.111. The van der Waals surface area contributed by atoms with Crippen molar-refractivity contribution in [3.8, 4) is 11.5 Å². The van der Waals surface area contributed by atoms with Gasteiger partial charge in [-0.2, -0.15) is 0 Å². The van der Waals surface area contributed by atoms with Crippen LogP contribution in [-0.2, 0) is 12.5 Å². The molecule has 1 aliphatic heterocycles. The molecule has 0 aliphatic carbocycles. The second kappa shape index (κ2) is 10.2. The van der Waals surface area contributed by atoms with Crippen LogP contribution in [0.3, 0.4) is 0 Å². The number of aromatic nitrogens is 1. The van der Waals surface area contributed by atoms with Gasteiger partial charge in [0, 0.05) is 28.8 Å². The quantitative estimate of drug-likeness (QED) is 0.229. The van der Waals surface area contributed by atoms with E-state index >= 15 is 0 Å². The van der Waals surface area contributed by atoms with E-state index < -0.39 is 0 Å².